The summed E-state index contributed by atoms with van der Waals surface area (Å²) in [5.74, 6) is 0.826. The molecule has 3 aromatic rings. The van der Waals surface area contributed by atoms with Crippen LogP contribution in [0.15, 0.2) is 42.5 Å². The lowest BCUT2D eigenvalue weighted by atomic mass is 10.0. The second kappa shape index (κ2) is 6.06. The minimum Gasteiger partial charge on any atom is -0.369 e. The molecule has 0 amide bonds. The van der Waals surface area contributed by atoms with E-state index in [1.54, 1.807) is 10.7 Å². The van der Waals surface area contributed by atoms with Crippen LogP contribution in [0.2, 0.25) is 5.02 Å². The minimum atomic E-state index is -4.51. The van der Waals surface area contributed by atoms with Crippen molar-refractivity contribution in [3.8, 4) is 16.9 Å². The van der Waals surface area contributed by atoms with E-state index in [0.29, 0.717) is 17.7 Å². The highest BCUT2D eigenvalue weighted by Gasteiger charge is 2.34. The molecule has 2 aromatic carbocycles. The number of benzene rings is 2. The van der Waals surface area contributed by atoms with Crippen molar-refractivity contribution in [2.75, 3.05) is 11.9 Å². The fourth-order valence-corrected chi connectivity index (χ4v) is 3.39. The maximum Gasteiger partial charge on any atom is 0.417 e. The van der Waals surface area contributed by atoms with Crippen molar-refractivity contribution in [1.82, 2.24) is 9.78 Å². The number of halogens is 4. The largest absolute Gasteiger partial charge is 0.417 e. The number of aromatic nitrogens is 2. The minimum absolute atomic E-state index is 0.311. The highest BCUT2D eigenvalue weighted by atomic mass is 35.5. The van der Waals surface area contributed by atoms with Crippen molar-refractivity contribution in [3.05, 3.63) is 64.2 Å². The van der Waals surface area contributed by atoms with E-state index in [9.17, 15) is 13.2 Å². The van der Waals surface area contributed by atoms with Gasteiger partial charge in [0, 0.05) is 17.7 Å². The molecule has 2 heterocycles. The second-order valence-corrected chi connectivity index (χ2v) is 6.70. The van der Waals surface area contributed by atoms with Gasteiger partial charge in [-0.1, -0.05) is 35.4 Å². The van der Waals surface area contributed by atoms with Gasteiger partial charge in [-0.3, -0.25) is 0 Å². The van der Waals surface area contributed by atoms with Crippen LogP contribution in [0.25, 0.3) is 16.9 Å². The summed E-state index contributed by atoms with van der Waals surface area (Å²) in [6.07, 6.45) is -3.80. The van der Waals surface area contributed by atoms with Gasteiger partial charge < -0.3 is 5.32 Å². The molecule has 1 aliphatic rings. The third-order valence-corrected chi connectivity index (χ3v) is 4.80. The predicted octanol–water partition coefficient (Wildman–Crippen LogP) is 5.49. The number of hydrogen-bond acceptors (Lipinski definition) is 2. The lowest BCUT2D eigenvalue weighted by molar-refractivity contribution is -0.137. The van der Waals surface area contributed by atoms with E-state index in [1.165, 1.54) is 6.07 Å². The Balaban J connectivity index is 1.86. The smallest absolute Gasteiger partial charge is 0.369 e. The van der Waals surface area contributed by atoms with E-state index in [4.69, 9.17) is 11.6 Å². The SMILES string of the molecule is Cc1ccc(-n2nc(-c3ccc(Cl)c(C(F)(F)F)c3)c3c2NCC3)cc1. The van der Waals surface area contributed by atoms with E-state index in [-0.39, 0.29) is 5.02 Å². The molecular weight excluding hydrogens is 363 g/mol. The maximum atomic E-state index is 13.2. The summed E-state index contributed by atoms with van der Waals surface area (Å²) in [4.78, 5) is 0. The summed E-state index contributed by atoms with van der Waals surface area (Å²) in [5, 5.41) is 7.57. The van der Waals surface area contributed by atoms with Crippen molar-refractivity contribution in [3.63, 3.8) is 0 Å². The van der Waals surface area contributed by atoms with Gasteiger partial charge in [-0.05, 0) is 37.6 Å². The van der Waals surface area contributed by atoms with Crippen molar-refractivity contribution in [1.29, 1.82) is 0 Å². The van der Waals surface area contributed by atoms with E-state index < -0.39 is 11.7 Å². The van der Waals surface area contributed by atoms with Crippen molar-refractivity contribution in [2.24, 2.45) is 0 Å². The zero-order chi connectivity index (χ0) is 18.5. The zero-order valence-electron chi connectivity index (χ0n) is 13.9. The Bertz CT molecular complexity index is 975. The van der Waals surface area contributed by atoms with Crippen LogP contribution in [0, 0.1) is 6.92 Å². The first-order chi connectivity index (χ1) is 12.3. The molecule has 0 bridgehead atoms. The van der Waals surface area contributed by atoms with Gasteiger partial charge in [0.2, 0.25) is 0 Å². The molecule has 0 spiro atoms. The molecule has 1 N–H and O–H groups in total. The Morgan fingerprint density at radius 1 is 1.12 bits per heavy atom. The highest BCUT2D eigenvalue weighted by Crippen LogP contribution is 2.40. The topological polar surface area (TPSA) is 29.9 Å². The Labute approximate surface area is 153 Å². The molecule has 4 rings (SSSR count). The zero-order valence-corrected chi connectivity index (χ0v) is 14.6. The molecule has 0 fully saturated rings. The first-order valence-corrected chi connectivity index (χ1v) is 8.52. The molecule has 1 aromatic heterocycles. The third kappa shape index (κ3) is 2.84. The van der Waals surface area contributed by atoms with Gasteiger partial charge in [-0.15, -0.1) is 0 Å². The number of hydrogen-bond donors (Lipinski definition) is 1. The average Bonchev–Trinajstić information content (AvgIpc) is 3.18. The number of nitrogens with zero attached hydrogens (tertiary/aromatic N) is 2. The molecule has 0 atom stereocenters. The van der Waals surface area contributed by atoms with E-state index in [1.807, 2.05) is 31.2 Å². The summed E-state index contributed by atoms with van der Waals surface area (Å²) in [6, 6.07) is 11.8. The fourth-order valence-electron chi connectivity index (χ4n) is 3.17. The predicted molar refractivity (Wildman–Crippen MR) is 95.9 cm³/mol. The normalized spacial score (nSPS) is 13.6. The number of rotatable bonds is 2. The standard InChI is InChI=1S/C19H15ClF3N3/c1-11-2-5-13(6-3-11)26-18-14(8-9-24-18)17(25-26)12-4-7-16(20)15(10-12)19(21,22)23/h2-7,10,24H,8-9H2,1H3. The molecule has 3 nitrogen and oxygen atoms in total. The van der Waals surface area contributed by atoms with Crippen LogP contribution in [0.4, 0.5) is 19.0 Å². The van der Waals surface area contributed by atoms with Crippen LogP contribution >= 0.6 is 11.6 Å². The van der Waals surface area contributed by atoms with Gasteiger partial charge in [0.25, 0.3) is 0 Å². The summed E-state index contributed by atoms with van der Waals surface area (Å²) in [5.41, 5.74) is 3.01. The van der Waals surface area contributed by atoms with Crippen molar-refractivity contribution >= 4 is 17.4 Å². The molecule has 0 unspecified atom stereocenters. The van der Waals surface area contributed by atoms with Gasteiger partial charge in [0.05, 0.1) is 22.0 Å². The molecule has 0 radical (unpaired) electrons. The first-order valence-electron chi connectivity index (χ1n) is 8.14. The average molecular weight is 378 g/mol. The Kier molecular flexibility index (Phi) is 3.95. The van der Waals surface area contributed by atoms with E-state index >= 15 is 0 Å². The van der Waals surface area contributed by atoms with Crippen molar-refractivity contribution < 1.29 is 13.2 Å². The number of alkyl halides is 3. The lowest BCUT2D eigenvalue weighted by Crippen LogP contribution is -2.06. The second-order valence-electron chi connectivity index (χ2n) is 6.29. The quantitative estimate of drug-likeness (QED) is 0.640. The lowest BCUT2D eigenvalue weighted by Gasteiger charge is -2.10. The van der Waals surface area contributed by atoms with E-state index in [0.717, 1.165) is 35.2 Å². The van der Waals surface area contributed by atoms with Crippen LogP contribution in [0.1, 0.15) is 16.7 Å². The number of aryl methyl sites for hydroxylation is 1. The first kappa shape index (κ1) is 17.0. The maximum absolute atomic E-state index is 13.2. The Hall–Kier alpha value is -2.47. The van der Waals surface area contributed by atoms with Crippen LogP contribution in [-0.2, 0) is 12.6 Å². The molecule has 7 heteroatoms. The van der Waals surface area contributed by atoms with Crippen LogP contribution < -0.4 is 5.32 Å². The fraction of sp³-hybridized carbons (Fsp3) is 0.211. The monoisotopic (exact) mass is 377 g/mol. The summed E-state index contributed by atoms with van der Waals surface area (Å²) in [7, 11) is 0. The molecular formula is C19H15ClF3N3. The van der Waals surface area contributed by atoms with Crippen LogP contribution in [-0.4, -0.2) is 16.3 Å². The van der Waals surface area contributed by atoms with Crippen LogP contribution in [0.5, 0.6) is 0 Å². The highest BCUT2D eigenvalue weighted by molar-refractivity contribution is 6.31. The Morgan fingerprint density at radius 2 is 1.85 bits per heavy atom. The molecule has 134 valence electrons. The van der Waals surface area contributed by atoms with E-state index in [2.05, 4.69) is 10.4 Å². The Morgan fingerprint density at radius 3 is 2.54 bits per heavy atom. The van der Waals surface area contributed by atoms with Crippen molar-refractivity contribution in [2.45, 2.75) is 19.5 Å². The number of anilines is 1. The summed E-state index contributed by atoms with van der Waals surface area (Å²) < 4.78 is 41.4. The van der Waals surface area contributed by atoms with Crippen LogP contribution in [0.3, 0.4) is 0 Å². The van der Waals surface area contributed by atoms with Gasteiger partial charge in [-0.2, -0.15) is 18.3 Å². The van der Waals surface area contributed by atoms with Gasteiger partial charge in [-0.25, -0.2) is 4.68 Å². The number of fused-ring (bicyclic) bond motifs is 1. The number of nitrogens with one attached hydrogen (secondary N) is 1. The van der Waals surface area contributed by atoms with Gasteiger partial charge in [0.15, 0.2) is 0 Å². The molecule has 0 aliphatic carbocycles. The van der Waals surface area contributed by atoms with Gasteiger partial charge in [0.1, 0.15) is 5.82 Å². The summed E-state index contributed by atoms with van der Waals surface area (Å²) >= 11 is 5.74. The summed E-state index contributed by atoms with van der Waals surface area (Å²) in [6.45, 7) is 2.72. The molecule has 0 saturated carbocycles. The molecule has 26 heavy (non-hydrogen) atoms. The molecule has 0 saturated heterocycles. The molecule has 1 aliphatic heterocycles. The third-order valence-electron chi connectivity index (χ3n) is 4.47. The van der Waals surface area contributed by atoms with Gasteiger partial charge >= 0.3 is 6.18 Å².